The highest BCUT2D eigenvalue weighted by molar-refractivity contribution is 7.15. The Balaban J connectivity index is 1.54. The van der Waals surface area contributed by atoms with E-state index in [-0.39, 0.29) is 18.0 Å². The Morgan fingerprint density at radius 3 is 2.25 bits per heavy atom. The van der Waals surface area contributed by atoms with E-state index in [1.54, 1.807) is 22.3 Å². The second kappa shape index (κ2) is 10.2. The minimum absolute atomic E-state index is 0.0847. The molecule has 4 aromatic rings. The number of hydrogen-bond acceptors (Lipinski definition) is 4. The molecule has 0 fully saturated rings. The first-order valence-electron chi connectivity index (χ1n) is 10.6. The molecular weight excluding hydrogens is 418 g/mol. The molecule has 0 saturated carbocycles. The van der Waals surface area contributed by atoms with Crippen molar-refractivity contribution in [2.75, 3.05) is 6.54 Å². The minimum Gasteiger partial charge on any atom is -0.336 e. The standard InChI is InChI=1S/C26H25N3O2S/c1-20-12-14-24(32-20)23-13-15-25(30)29(27-23)19-26(31)28(18-22-10-6-3-7-11-22)17-16-21-8-4-2-5-9-21/h2-15H,16-19H2,1H3. The molecular formula is C26H25N3O2S. The molecule has 0 atom stereocenters. The molecule has 1 amide bonds. The lowest BCUT2D eigenvalue weighted by atomic mass is 10.1. The maximum absolute atomic E-state index is 13.3. The summed E-state index contributed by atoms with van der Waals surface area (Å²) in [7, 11) is 0. The zero-order valence-electron chi connectivity index (χ0n) is 18.0. The van der Waals surface area contributed by atoms with Crippen molar-refractivity contribution in [3.05, 3.63) is 111 Å². The second-order valence-corrected chi connectivity index (χ2v) is 8.95. The van der Waals surface area contributed by atoms with Crippen LogP contribution in [0.25, 0.3) is 10.6 Å². The molecule has 0 bridgehead atoms. The number of thiophene rings is 1. The van der Waals surface area contributed by atoms with E-state index in [1.165, 1.54) is 21.2 Å². The van der Waals surface area contributed by atoms with Crippen LogP contribution in [-0.2, 0) is 24.3 Å². The SMILES string of the molecule is Cc1ccc(-c2ccc(=O)n(CC(=O)N(CCc3ccccc3)Cc3ccccc3)n2)s1. The van der Waals surface area contributed by atoms with Gasteiger partial charge in [0.1, 0.15) is 12.2 Å². The van der Waals surface area contributed by atoms with E-state index in [0.717, 1.165) is 16.9 Å². The molecule has 0 spiro atoms. The molecule has 0 saturated heterocycles. The summed E-state index contributed by atoms with van der Waals surface area (Å²) in [6.45, 7) is 3.00. The van der Waals surface area contributed by atoms with Gasteiger partial charge in [-0.15, -0.1) is 11.3 Å². The van der Waals surface area contributed by atoms with E-state index in [9.17, 15) is 9.59 Å². The van der Waals surface area contributed by atoms with Gasteiger partial charge in [-0.2, -0.15) is 5.10 Å². The predicted octanol–water partition coefficient (Wildman–Crippen LogP) is 4.55. The molecule has 2 heterocycles. The van der Waals surface area contributed by atoms with Crippen LogP contribution in [0.2, 0.25) is 0 Å². The Bertz CT molecular complexity index is 1230. The average Bonchev–Trinajstić information content (AvgIpc) is 3.25. The Hall–Kier alpha value is -3.51. The summed E-state index contributed by atoms with van der Waals surface area (Å²) in [4.78, 5) is 29.7. The van der Waals surface area contributed by atoms with Crippen LogP contribution in [0.1, 0.15) is 16.0 Å². The number of hydrogen-bond donors (Lipinski definition) is 0. The van der Waals surface area contributed by atoms with E-state index in [2.05, 4.69) is 17.2 Å². The fourth-order valence-corrected chi connectivity index (χ4v) is 4.33. The number of carbonyl (C=O) groups excluding carboxylic acids is 1. The van der Waals surface area contributed by atoms with Gasteiger partial charge in [-0.3, -0.25) is 9.59 Å². The van der Waals surface area contributed by atoms with Gasteiger partial charge in [0.2, 0.25) is 5.91 Å². The Labute approximate surface area is 191 Å². The smallest absolute Gasteiger partial charge is 0.267 e. The monoisotopic (exact) mass is 443 g/mol. The van der Waals surface area contributed by atoms with Crippen molar-refractivity contribution in [2.24, 2.45) is 0 Å². The van der Waals surface area contributed by atoms with Crippen LogP contribution < -0.4 is 5.56 Å². The summed E-state index contributed by atoms with van der Waals surface area (Å²) in [6.07, 6.45) is 0.746. The minimum atomic E-state index is -0.280. The number of amides is 1. The molecule has 5 nitrogen and oxygen atoms in total. The third-order valence-electron chi connectivity index (χ3n) is 5.23. The van der Waals surface area contributed by atoms with Crippen LogP contribution in [0.3, 0.4) is 0 Å². The molecule has 0 N–H and O–H groups in total. The molecule has 4 rings (SSSR count). The van der Waals surface area contributed by atoms with Crippen LogP contribution in [0.15, 0.2) is 89.7 Å². The third-order valence-corrected chi connectivity index (χ3v) is 6.25. The number of nitrogens with zero attached hydrogens (tertiary/aromatic N) is 3. The average molecular weight is 444 g/mol. The number of aromatic nitrogens is 2. The van der Waals surface area contributed by atoms with Gasteiger partial charge in [-0.05, 0) is 42.7 Å². The van der Waals surface area contributed by atoms with E-state index >= 15 is 0 Å². The summed E-state index contributed by atoms with van der Waals surface area (Å²) in [6, 6.07) is 27.2. The van der Waals surface area contributed by atoms with Gasteiger partial charge in [-0.25, -0.2) is 4.68 Å². The summed E-state index contributed by atoms with van der Waals surface area (Å²) in [5.41, 5.74) is 2.65. The lowest BCUT2D eigenvalue weighted by molar-refractivity contribution is -0.132. The Morgan fingerprint density at radius 2 is 1.59 bits per heavy atom. The molecule has 2 aromatic heterocycles. The maximum Gasteiger partial charge on any atom is 0.267 e. The van der Waals surface area contributed by atoms with Gasteiger partial charge in [-0.1, -0.05) is 60.7 Å². The van der Waals surface area contributed by atoms with Crippen LogP contribution in [-0.4, -0.2) is 27.1 Å². The van der Waals surface area contributed by atoms with Crippen molar-refractivity contribution in [2.45, 2.75) is 26.4 Å². The fraction of sp³-hybridized carbons (Fsp3) is 0.192. The quantitative estimate of drug-likeness (QED) is 0.401. The van der Waals surface area contributed by atoms with Crippen LogP contribution in [0.4, 0.5) is 0 Å². The first-order chi connectivity index (χ1) is 15.6. The van der Waals surface area contributed by atoms with Gasteiger partial charge in [0.25, 0.3) is 5.56 Å². The second-order valence-electron chi connectivity index (χ2n) is 7.66. The highest BCUT2D eigenvalue weighted by Crippen LogP contribution is 2.25. The summed E-state index contributed by atoms with van der Waals surface area (Å²) in [5, 5.41) is 4.47. The van der Waals surface area contributed by atoms with Gasteiger partial charge >= 0.3 is 0 Å². The summed E-state index contributed by atoms with van der Waals surface area (Å²) >= 11 is 1.61. The first kappa shape index (κ1) is 21.7. The van der Waals surface area contributed by atoms with Gasteiger partial charge < -0.3 is 4.90 Å². The lowest BCUT2D eigenvalue weighted by Crippen LogP contribution is -2.38. The topological polar surface area (TPSA) is 55.2 Å². The van der Waals surface area contributed by atoms with Crippen molar-refractivity contribution in [3.8, 4) is 10.6 Å². The van der Waals surface area contributed by atoms with Crippen molar-refractivity contribution in [1.82, 2.24) is 14.7 Å². The van der Waals surface area contributed by atoms with E-state index in [4.69, 9.17) is 0 Å². The van der Waals surface area contributed by atoms with Crippen LogP contribution >= 0.6 is 11.3 Å². The lowest BCUT2D eigenvalue weighted by Gasteiger charge is -2.23. The molecule has 32 heavy (non-hydrogen) atoms. The largest absolute Gasteiger partial charge is 0.336 e. The normalized spacial score (nSPS) is 10.8. The molecule has 0 radical (unpaired) electrons. The molecule has 162 valence electrons. The van der Waals surface area contributed by atoms with Crippen LogP contribution in [0.5, 0.6) is 0 Å². The first-order valence-corrected chi connectivity index (χ1v) is 11.4. The number of benzene rings is 2. The van der Waals surface area contributed by atoms with Gasteiger partial charge in [0.05, 0.1) is 4.88 Å². The maximum atomic E-state index is 13.3. The molecule has 2 aromatic carbocycles. The van der Waals surface area contributed by atoms with Crippen molar-refractivity contribution >= 4 is 17.2 Å². The number of rotatable bonds is 8. The predicted molar refractivity (Wildman–Crippen MR) is 129 cm³/mol. The number of carbonyl (C=O) groups is 1. The fourth-order valence-electron chi connectivity index (χ4n) is 3.50. The van der Waals surface area contributed by atoms with Gasteiger partial charge in [0, 0.05) is 24.0 Å². The zero-order chi connectivity index (χ0) is 22.3. The van der Waals surface area contributed by atoms with Gasteiger partial charge in [0.15, 0.2) is 0 Å². The molecule has 6 heteroatoms. The zero-order valence-corrected chi connectivity index (χ0v) is 18.8. The summed E-state index contributed by atoms with van der Waals surface area (Å²) < 4.78 is 1.27. The molecule has 0 aliphatic carbocycles. The van der Waals surface area contributed by atoms with Crippen molar-refractivity contribution < 1.29 is 4.79 Å². The highest BCUT2D eigenvalue weighted by atomic mass is 32.1. The van der Waals surface area contributed by atoms with E-state index < -0.39 is 0 Å². The number of aryl methyl sites for hydroxylation is 1. The third kappa shape index (κ3) is 5.59. The molecule has 0 aliphatic rings. The molecule has 0 aliphatic heterocycles. The van der Waals surface area contributed by atoms with E-state index in [0.29, 0.717) is 18.8 Å². The molecule has 0 unspecified atom stereocenters. The van der Waals surface area contributed by atoms with E-state index in [1.807, 2.05) is 67.6 Å². The Kier molecular flexibility index (Phi) is 6.92. The highest BCUT2D eigenvalue weighted by Gasteiger charge is 2.17. The Morgan fingerprint density at radius 1 is 0.906 bits per heavy atom. The summed E-state index contributed by atoms with van der Waals surface area (Å²) in [5.74, 6) is -0.126. The van der Waals surface area contributed by atoms with Crippen molar-refractivity contribution in [3.63, 3.8) is 0 Å². The van der Waals surface area contributed by atoms with Crippen LogP contribution in [0, 0.1) is 6.92 Å². The van der Waals surface area contributed by atoms with Crippen molar-refractivity contribution in [1.29, 1.82) is 0 Å².